The first-order valence-corrected chi connectivity index (χ1v) is 24.7. The number of nitrogens with one attached hydrogen (secondary N) is 1. The van der Waals surface area contributed by atoms with Gasteiger partial charge in [0, 0.05) is 81.7 Å². The van der Waals surface area contributed by atoms with Gasteiger partial charge in [-0.25, -0.2) is 14.6 Å². The van der Waals surface area contributed by atoms with Crippen LogP contribution in [0.3, 0.4) is 0 Å². The number of likely N-dealkylation sites (tertiary alicyclic amines) is 2. The molecule has 0 bridgehead atoms. The van der Waals surface area contributed by atoms with E-state index in [1.165, 1.54) is 25.7 Å². The molecule has 412 valence electrons. The molecule has 76 heavy (non-hydrogen) atoms. The summed E-state index contributed by atoms with van der Waals surface area (Å²) in [5, 5.41) is 18.0. The van der Waals surface area contributed by atoms with E-state index in [0.29, 0.717) is 41.0 Å². The number of imide groups is 1. The zero-order valence-electron chi connectivity index (χ0n) is 42.7. The number of halogens is 6. The first kappa shape index (κ1) is 56.8. The number of carbonyl (C=O) groups excluding carboxylic acids is 3. The number of pyridine rings is 2. The van der Waals surface area contributed by atoms with Crippen molar-refractivity contribution in [1.82, 2.24) is 29.6 Å². The Bertz CT molecular complexity index is 2840. The number of rotatable bonds is 12. The molecule has 24 heteroatoms. The topological polar surface area (TPSA) is 213 Å². The molecule has 4 aliphatic heterocycles. The summed E-state index contributed by atoms with van der Waals surface area (Å²) in [7, 11) is 9.07. The third-order valence-corrected chi connectivity index (χ3v) is 14.9. The number of anilines is 1. The van der Waals surface area contributed by atoms with Gasteiger partial charge in [-0.3, -0.25) is 24.5 Å². The third-order valence-electron chi connectivity index (χ3n) is 14.9. The molecule has 2 aromatic heterocycles. The average Bonchev–Trinajstić information content (AvgIpc) is 3.74. The van der Waals surface area contributed by atoms with Crippen LogP contribution >= 0.6 is 0 Å². The largest absolute Gasteiger partial charge is 0.496 e. The number of aryl methyl sites for hydroxylation is 1. The van der Waals surface area contributed by atoms with Gasteiger partial charge in [0.05, 0.1) is 25.7 Å². The molecule has 1 unspecified atom stereocenters. The second-order valence-corrected chi connectivity index (χ2v) is 20.1. The highest BCUT2D eigenvalue weighted by molar-refractivity contribution is 6.05. The molecule has 9 rings (SSSR count). The molecule has 3 amide bonds. The van der Waals surface area contributed by atoms with Crippen LogP contribution < -0.4 is 30.0 Å². The van der Waals surface area contributed by atoms with E-state index in [0.717, 1.165) is 103 Å². The maximum absolute atomic E-state index is 13.3. The second kappa shape index (κ2) is 23.1. The molecule has 18 nitrogen and oxygen atoms in total. The molecule has 6 heterocycles. The van der Waals surface area contributed by atoms with Crippen LogP contribution in [0.25, 0.3) is 21.9 Å². The van der Waals surface area contributed by atoms with E-state index in [2.05, 4.69) is 32.2 Å². The van der Waals surface area contributed by atoms with E-state index in [4.69, 9.17) is 34.0 Å². The van der Waals surface area contributed by atoms with Crippen molar-refractivity contribution in [1.29, 1.82) is 0 Å². The first-order chi connectivity index (χ1) is 35.8. The first-order valence-electron chi connectivity index (χ1n) is 24.7. The van der Waals surface area contributed by atoms with E-state index in [1.807, 2.05) is 49.5 Å². The number of hydrogen-bond donors (Lipinski definition) is 3. The van der Waals surface area contributed by atoms with Crippen molar-refractivity contribution in [3.8, 4) is 28.4 Å². The predicted octanol–water partition coefficient (Wildman–Crippen LogP) is 6.29. The van der Waals surface area contributed by atoms with Crippen molar-refractivity contribution in [2.45, 2.75) is 88.8 Å². The van der Waals surface area contributed by atoms with Gasteiger partial charge in [0.15, 0.2) is 0 Å². The van der Waals surface area contributed by atoms with E-state index >= 15 is 0 Å². The van der Waals surface area contributed by atoms with Crippen molar-refractivity contribution in [3.63, 3.8) is 0 Å². The van der Waals surface area contributed by atoms with Crippen molar-refractivity contribution in [2.24, 2.45) is 18.4 Å². The minimum atomic E-state index is -5.08. The van der Waals surface area contributed by atoms with Gasteiger partial charge < -0.3 is 48.6 Å². The molecule has 3 saturated heterocycles. The van der Waals surface area contributed by atoms with Crippen LogP contribution in [0.5, 0.6) is 17.2 Å². The Balaban J connectivity index is 0.000000530. The SMILES string of the molecule is COc1cc(-c2cn(C)c(=O)c3cnc(N(C)C)cc23)cc(OC)c1CCN1CCC(CN2CCC3(CC2)CC(Oc2ccc4c(c2)C(=O)N(C2CCC(=O)NC2=O)C4)C3)CC1.O=C(O)C(F)(F)F.O=C(O)C(F)(F)F. The Morgan fingerprint density at radius 2 is 1.43 bits per heavy atom. The van der Waals surface area contributed by atoms with E-state index < -0.39 is 36.2 Å². The normalized spacial score (nSPS) is 19.2. The highest BCUT2D eigenvalue weighted by atomic mass is 19.4. The summed E-state index contributed by atoms with van der Waals surface area (Å²) < 4.78 is 83.5. The molecule has 1 saturated carbocycles. The van der Waals surface area contributed by atoms with Gasteiger partial charge in [0.25, 0.3) is 11.5 Å². The Hall–Kier alpha value is -6.95. The quantitative estimate of drug-likeness (QED) is 0.105. The summed E-state index contributed by atoms with van der Waals surface area (Å²) in [4.78, 5) is 81.5. The summed E-state index contributed by atoms with van der Waals surface area (Å²) in [6.07, 6.45) is 1.84. The number of ether oxygens (including phenoxy) is 3. The Labute approximate surface area is 433 Å². The number of alkyl halides is 6. The summed E-state index contributed by atoms with van der Waals surface area (Å²) in [5.41, 5.74) is 4.64. The number of amides is 3. The monoisotopic (exact) mass is 1070 g/mol. The maximum atomic E-state index is 13.3. The predicted molar refractivity (Wildman–Crippen MR) is 264 cm³/mol. The van der Waals surface area contributed by atoms with Crippen molar-refractivity contribution in [3.05, 3.63) is 75.8 Å². The second-order valence-electron chi connectivity index (χ2n) is 20.1. The molecule has 1 atom stereocenters. The summed E-state index contributed by atoms with van der Waals surface area (Å²) >= 11 is 0. The van der Waals surface area contributed by atoms with Gasteiger partial charge in [0.2, 0.25) is 11.8 Å². The van der Waals surface area contributed by atoms with Crippen LogP contribution in [0.15, 0.2) is 53.6 Å². The molecule has 4 aromatic rings. The fraction of sp³-hybridized carbons (Fsp3) is 0.519. The lowest BCUT2D eigenvalue weighted by atomic mass is 9.61. The molecule has 1 aliphatic carbocycles. The number of benzene rings is 2. The van der Waals surface area contributed by atoms with Gasteiger partial charge in [-0.1, -0.05) is 6.07 Å². The fourth-order valence-corrected chi connectivity index (χ4v) is 10.6. The zero-order chi connectivity index (χ0) is 55.4. The number of fused-ring (bicyclic) bond motifs is 2. The lowest BCUT2D eigenvalue weighted by Crippen LogP contribution is -2.52. The highest BCUT2D eigenvalue weighted by Gasteiger charge is 2.48. The van der Waals surface area contributed by atoms with Gasteiger partial charge in [0.1, 0.15) is 29.1 Å². The molecule has 3 N–H and O–H groups in total. The van der Waals surface area contributed by atoms with Crippen molar-refractivity contribution in [2.75, 3.05) is 72.5 Å². The number of carbonyl (C=O) groups is 5. The van der Waals surface area contributed by atoms with Crippen LogP contribution in [-0.4, -0.2) is 156 Å². The number of aromatic nitrogens is 2. The van der Waals surface area contributed by atoms with Crippen LogP contribution in [0, 0.1) is 11.3 Å². The Morgan fingerprint density at radius 1 is 0.829 bits per heavy atom. The zero-order valence-corrected chi connectivity index (χ0v) is 42.7. The summed E-state index contributed by atoms with van der Waals surface area (Å²) in [6.45, 7) is 6.90. The van der Waals surface area contributed by atoms with E-state index in [1.54, 1.807) is 36.9 Å². The summed E-state index contributed by atoms with van der Waals surface area (Å²) in [6, 6.07) is 11.2. The van der Waals surface area contributed by atoms with Crippen LogP contribution in [0.4, 0.5) is 32.2 Å². The summed E-state index contributed by atoms with van der Waals surface area (Å²) in [5.74, 6) is -2.59. The minimum Gasteiger partial charge on any atom is -0.496 e. The van der Waals surface area contributed by atoms with Gasteiger partial charge >= 0.3 is 24.3 Å². The van der Waals surface area contributed by atoms with E-state index in [-0.39, 0.29) is 29.9 Å². The van der Waals surface area contributed by atoms with Crippen molar-refractivity contribution < 1.29 is 74.7 Å². The van der Waals surface area contributed by atoms with E-state index in [9.17, 15) is 45.5 Å². The van der Waals surface area contributed by atoms with Gasteiger partial charge in [-0.2, -0.15) is 26.3 Å². The molecular weight excluding hydrogens is 1010 g/mol. The Kier molecular flexibility index (Phi) is 17.3. The third kappa shape index (κ3) is 13.2. The lowest BCUT2D eigenvalue weighted by Gasteiger charge is -2.52. The number of carboxylic acids is 2. The number of methoxy groups -OCH3 is 2. The maximum Gasteiger partial charge on any atom is 0.490 e. The number of carboxylic acid groups (broad SMARTS) is 2. The van der Waals surface area contributed by atoms with Gasteiger partial charge in [-0.15, -0.1) is 0 Å². The number of piperidine rings is 3. The van der Waals surface area contributed by atoms with Gasteiger partial charge in [-0.05, 0) is 130 Å². The Morgan fingerprint density at radius 3 is 1.99 bits per heavy atom. The highest BCUT2D eigenvalue weighted by Crippen LogP contribution is 2.51. The number of hydrogen-bond acceptors (Lipinski definition) is 13. The molecule has 4 fully saturated rings. The minimum absolute atomic E-state index is 0.0851. The molecule has 1 spiro atoms. The molecule has 2 aromatic carbocycles. The van der Waals surface area contributed by atoms with Crippen LogP contribution in [-0.2, 0) is 39.2 Å². The van der Waals surface area contributed by atoms with Crippen molar-refractivity contribution >= 4 is 46.3 Å². The fourth-order valence-electron chi connectivity index (χ4n) is 10.6. The number of nitrogens with zero attached hydrogens (tertiary/aromatic N) is 6. The standard InChI is InChI=1S/C48H59N7O7.2C2HF3O2/c1-51(2)43-23-37-38(26-49-43)46(58)52(3)29-39(37)32-20-41(60-4)35(42(21-32)61-5)12-17-53-15-10-30(11-16-53)27-54-18-13-48(14-19-54)24-34(25-48)62-33-7-6-31-28-55(47(59)36(31)22-33)40-8-9-44(56)50-45(40)57;2*3-2(4,5)1(6)7/h6-7,20-23,26,29-30,34,40H,8-19,24-25,27-28H2,1-5H3,(H,50,56,57);2*(H,6,7). The number of aliphatic carboxylic acids is 2. The average molecular weight is 1070 g/mol. The molecule has 5 aliphatic rings. The molecular formula is C52H61F6N7O11. The van der Waals surface area contributed by atoms with Crippen LogP contribution in [0.2, 0.25) is 0 Å². The molecule has 0 radical (unpaired) electrons. The lowest BCUT2D eigenvalue weighted by molar-refractivity contribution is -0.193. The van der Waals surface area contributed by atoms with Crippen LogP contribution in [0.1, 0.15) is 72.9 Å². The smallest absolute Gasteiger partial charge is 0.490 e.